The summed E-state index contributed by atoms with van der Waals surface area (Å²) in [6.45, 7) is 4.86. The number of carbonyl (C=O) groups excluding carboxylic acids is 1. The number of aryl methyl sites for hydroxylation is 2. The van der Waals surface area contributed by atoms with Crippen molar-refractivity contribution in [3.8, 4) is 0 Å². The molecule has 1 aliphatic rings. The van der Waals surface area contributed by atoms with Crippen molar-refractivity contribution < 1.29 is 4.79 Å². The highest BCUT2D eigenvalue weighted by Gasteiger charge is 2.28. The van der Waals surface area contributed by atoms with Gasteiger partial charge in [-0.15, -0.1) is 0 Å². The Morgan fingerprint density at radius 2 is 2.06 bits per heavy atom. The van der Waals surface area contributed by atoms with Crippen LogP contribution in [0.2, 0.25) is 0 Å². The zero-order chi connectivity index (χ0) is 13.3. The molecule has 0 spiro atoms. The summed E-state index contributed by atoms with van der Waals surface area (Å²) in [5.74, 6) is 0.702. The van der Waals surface area contributed by atoms with Gasteiger partial charge in [0.25, 0.3) is 5.91 Å². The number of rotatable bonds is 3. The number of nitrogens with zero attached hydrogens (tertiary/aromatic N) is 1. The first-order chi connectivity index (χ1) is 8.47. The van der Waals surface area contributed by atoms with Crippen molar-refractivity contribution in [2.45, 2.75) is 32.7 Å². The number of hydrogen-bond acceptors (Lipinski definition) is 2. The van der Waals surface area contributed by atoms with Gasteiger partial charge in [-0.25, -0.2) is 0 Å². The minimum Gasteiger partial charge on any atom is -0.341 e. The van der Waals surface area contributed by atoms with Crippen LogP contribution in [0.15, 0.2) is 18.2 Å². The fourth-order valence-electron chi connectivity index (χ4n) is 2.67. The lowest BCUT2D eigenvalue weighted by Gasteiger charge is -2.35. The van der Waals surface area contributed by atoms with Crippen LogP contribution in [-0.2, 0) is 0 Å². The van der Waals surface area contributed by atoms with Gasteiger partial charge in [-0.2, -0.15) is 0 Å². The summed E-state index contributed by atoms with van der Waals surface area (Å²) in [6.07, 6.45) is 2.09. The summed E-state index contributed by atoms with van der Waals surface area (Å²) in [5.41, 5.74) is 8.83. The normalized spacial score (nSPS) is 22.4. The van der Waals surface area contributed by atoms with Gasteiger partial charge in [0.15, 0.2) is 0 Å². The molecule has 98 valence electrons. The minimum atomic E-state index is 0.118. The van der Waals surface area contributed by atoms with Crippen molar-refractivity contribution in [2.75, 3.05) is 13.6 Å². The predicted molar refractivity (Wildman–Crippen MR) is 73.6 cm³/mol. The number of nitrogens with two attached hydrogens (primary N) is 1. The molecule has 3 nitrogen and oxygen atoms in total. The van der Waals surface area contributed by atoms with E-state index in [-0.39, 0.29) is 5.91 Å². The molecule has 1 aromatic rings. The van der Waals surface area contributed by atoms with Crippen molar-refractivity contribution in [2.24, 2.45) is 11.7 Å². The molecule has 0 bridgehead atoms. The third-order valence-corrected chi connectivity index (χ3v) is 3.76. The first-order valence-electron chi connectivity index (χ1n) is 6.55. The van der Waals surface area contributed by atoms with Crippen LogP contribution in [0.25, 0.3) is 0 Å². The summed E-state index contributed by atoms with van der Waals surface area (Å²) < 4.78 is 0. The third-order valence-electron chi connectivity index (χ3n) is 3.76. The van der Waals surface area contributed by atoms with Crippen LogP contribution in [0.1, 0.15) is 34.3 Å². The molecule has 2 N–H and O–H groups in total. The molecular formula is C15H22N2O. The molecule has 0 radical (unpaired) electrons. The highest BCUT2D eigenvalue weighted by Crippen LogP contribution is 2.26. The lowest BCUT2D eigenvalue weighted by atomic mass is 9.80. The molecule has 0 unspecified atom stereocenters. The summed E-state index contributed by atoms with van der Waals surface area (Å²) in [6, 6.07) is 6.32. The second-order valence-corrected chi connectivity index (χ2v) is 5.60. The number of amides is 1. The van der Waals surface area contributed by atoms with Crippen LogP contribution in [0.3, 0.4) is 0 Å². The lowest BCUT2D eigenvalue weighted by molar-refractivity contribution is 0.0733. The molecule has 0 saturated heterocycles. The van der Waals surface area contributed by atoms with Crippen LogP contribution in [0.4, 0.5) is 0 Å². The van der Waals surface area contributed by atoms with E-state index in [4.69, 9.17) is 5.73 Å². The van der Waals surface area contributed by atoms with Crippen molar-refractivity contribution in [3.05, 3.63) is 34.9 Å². The van der Waals surface area contributed by atoms with Crippen molar-refractivity contribution in [1.29, 1.82) is 0 Å². The molecule has 1 aromatic carbocycles. The van der Waals surface area contributed by atoms with Gasteiger partial charge in [0.1, 0.15) is 0 Å². The molecule has 0 aliphatic heterocycles. The highest BCUT2D eigenvalue weighted by molar-refractivity contribution is 5.95. The van der Waals surface area contributed by atoms with Crippen molar-refractivity contribution in [3.63, 3.8) is 0 Å². The van der Waals surface area contributed by atoms with E-state index in [1.165, 1.54) is 5.56 Å². The number of benzene rings is 1. The Hall–Kier alpha value is -1.35. The van der Waals surface area contributed by atoms with E-state index >= 15 is 0 Å². The van der Waals surface area contributed by atoms with Gasteiger partial charge in [-0.05, 0) is 44.2 Å². The van der Waals surface area contributed by atoms with Gasteiger partial charge in [0.2, 0.25) is 0 Å². The van der Waals surface area contributed by atoms with Crippen molar-refractivity contribution in [1.82, 2.24) is 4.90 Å². The second kappa shape index (κ2) is 5.11. The largest absolute Gasteiger partial charge is 0.341 e. The summed E-state index contributed by atoms with van der Waals surface area (Å²) >= 11 is 0. The van der Waals surface area contributed by atoms with Gasteiger partial charge < -0.3 is 10.6 Å². The summed E-state index contributed by atoms with van der Waals surface area (Å²) in [7, 11) is 1.88. The SMILES string of the molecule is Cc1ccc(C(=O)N(C)CC2CC(N)C2)c(C)c1. The fourth-order valence-corrected chi connectivity index (χ4v) is 2.67. The van der Waals surface area contributed by atoms with E-state index in [9.17, 15) is 4.79 Å². The third kappa shape index (κ3) is 2.72. The fraction of sp³-hybridized carbons (Fsp3) is 0.533. The molecule has 1 saturated carbocycles. The van der Waals surface area contributed by atoms with Gasteiger partial charge in [0, 0.05) is 25.2 Å². The topological polar surface area (TPSA) is 46.3 Å². The molecule has 0 heterocycles. The molecule has 18 heavy (non-hydrogen) atoms. The number of hydrogen-bond donors (Lipinski definition) is 1. The molecule has 1 fully saturated rings. The molecule has 3 heteroatoms. The maximum atomic E-state index is 12.3. The Morgan fingerprint density at radius 1 is 1.39 bits per heavy atom. The maximum absolute atomic E-state index is 12.3. The van der Waals surface area contributed by atoms with Gasteiger partial charge in [-0.3, -0.25) is 4.79 Å². The van der Waals surface area contributed by atoms with E-state index in [0.717, 1.165) is 30.5 Å². The Labute approximate surface area is 109 Å². The molecule has 0 atom stereocenters. The van der Waals surface area contributed by atoms with E-state index in [1.807, 2.05) is 37.9 Å². The van der Waals surface area contributed by atoms with Gasteiger partial charge in [-0.1, -0.05) is 17.7 Å². The van der Waals surface area contributed by atoms with Crippen LogP contribution >= 0.6 is 0 Å². The van der Waals surface area contributed by atoms with E-state index in [0.29, 0.717) is 12.0 Å². The molecule has 2 rings (SSSR count). The lowest BCUT2D eigenvalue weighted by Crippen LogP contribution is -2.43. The quantitative estimate of drug-likeness (QED) is 0.888. The van der Waals surface area contributed by atoms with Gasteiger partial charge >= 0.3 is 0 Å². The Kier molecular flexibility index (Phi) is 3.71. The van der Waals surface area contributed by atoms with E-state index in [1.54, 1.807) is 0 Å². The van der Waals surface area contributed by atoms with Crippen LogP contribution in [0, 0.1) is 19.8 Å². The zero-order valence-electron chi connectivity index (χ0n) is 11.4. The zero-order valence-corrected chi connectivity index (χ0v) is 11.4. The smallest absolute Gasteiger partial charge is 0.253 e. The summed E-state index contributed by atoms with van der Waals surface area (Å²) in [4.78, 5) is 14.2. The Bertz CT molecular complexity index is 450. The van der Waals surface area contributed by atoms with E-state index < -0.39 is 0 Å². The average molecular weight is 246 g/mol. The van der Waals surface area contributed by atoms with E-state index in [2.05, 4.69) is 6.07 Å². The standard InChI is InChI=1S/C15H22N2O/c1-10-4-5-14(11(2)6-10)15(18)17(3)9-12-7-13(16)8-12/h4-6,12-13H,7-9,16H2,1-3H3. The predicted octanol–water partition coefficient (Wildman–Crippen LogP) is 2.11. The van der Waals surface area contributed by atoms with Crippen LogP contribution in [-0.4, -0.2) is 30.4 Å². The molecule has 1 amide bonds. The summed E-state index contributed by atoms with van der Waals surface area (Å²) in [5, 5.41) is 0. The minimum absolute atomic E-state index is 0.118. The maximum Gasteiger partial charge on any atom is 0.253 e. The van der Waals surface area contributed by atoms with Crippen molar-refractivity contribution >= 4 is 5.91 Å². The first-order valence-corrected chi connectivity index (χ1v) is 6.55. The Morgan fingerprint density at radius 3 is 2.61 bits per heavy atom. The molecular weight excluding hydrogens is 224 g/mol. The van der Waals surface area contributed by atoms with Crippen LogP contribution < -0.4 is 5.73 Å². The Balaban J connectivity index is 2.01. The molecule has 0 aromatic heterocycles. The van der Waals surface area contributed by atoms with Crippen LogP contribution in [0.5, 0.6) is 0 Å². The highest BCUT2D eigenvalue weighted by atomic mass is 16.2. The monoisotopic (exact) mass is 246 g/mol. The molecule has 1 aliphatic carbocycles. The second-order valence-electron chi connectivity index (χ2n) is 5.60. The van der Waals surface area contributed by atoms with Gasteiger partial charge in [0.05, 0.1) is 0 Å². The number of carbonyl (C=O) groups is 1. The first kappa shape index (κ1) is 13.1. The average Bonchev–Trinajstić information content (AvgIpc) is 2.26.